The Morgan fingerprint density at radius 3 is 2.48 bits per heavy atom. The highest BCUT2D eigenvalue weighted by Crippen LogP contribution is 2.38. The van der Waals surface area contributed by atoms with Crippen molar-refractivity contribution in [1.82, 2.24) is 14.7 Å². The van der Waals surface area contributed by atoms with Crippen molar-refractivity contribution in [2.45, 2.75) is 82.8 Å². The maximum absolute atomic E-state index is 13.3. The average molecular weight is 446 g/mol. The zero-order valence-electron chi connectivity index (χ0n) is 19.0. The number of hydrogen-bond donors (Lipinski definition) is 1. The zero-order chi connectivity index (χ0) is 22.4. The first-order valence-corrected chi connectivity index (χ1v) is 14.2. The molecular formula is C18H35N5O4SSi. The summed E-state index contributed by atoms with van der Waals surface area (Å²) in [6, 6.07) is -0.267. The molecule has 1 aliphatic rings. The molecule has 0 spiro atoms. The van der Waals surface area contributed by atoms with E-state index in [4.69, 9.17) is 14.6 Å². The Balaban J connectivity index is 2.28. The van der Waals surface area contributed by atoms with Gasteiger partial charge in [-0.2, -0.15) is 5.10 Å². The van der Waals surface area contributed by atoms with Gasteiger partial charge in [0.05, 0.1) is 18.8 Å². The van der Waals surface area contributed by atoms with Gasteiger partial charge in [0.15, 0.2) is 8.24 Å². The largest absolute Gasteiger partial charge is 0.475 e. The molecule has 0 saturated carbocycles. The molecule has 1 aromatic rings. The molecular weight excluding hydrogens is 410 g/mol. The van der Waals surface area contributed by atoms with E-state index in [0.717, 1.165) is 0 Å². The van der Waals surface area contributed by atoms with Crippen LogP contribution in [0.3, 0.4) is 0 Å². The standard InChI is InChI=1S/C18H35N5O4SSi/c1-17(2,3)27-16(24)22(7)13-11-23-15(26-12-13)14(10-20-23)28(19,25)21-29(8,9)18(4,5)6/h10,13H,11-12H2,1-9H3,(H2,19,21,25). The van der Waals surface area contributed by atoms with Gasteiger partial charge < -0.3 is 14.4 Å². The highest BCUT2D eigenvalue weighted by atomic mass is 32.2. The van der Waals surface area contributed by atoms with Gasteiger partial charge in [-0.1, -0.05) is 20.8 Å². The summed E-state index contributed by atoms with van der Waals surface area (Å²) in [5.74, 6) is 0.355. The summed E-state index contributed by atoms with van der Waals surface area (Å²) < 4.78 is 30.7. The van der Waals surface area contributed by atoms with E-state index in [2.05, 4.69) is 29.9 Å². The Hall–Kier alpha value is -1.59. The molecule has 2 N–H and O–H groups in total. The second kappa shape index (κ2) is 7.58. The summed E-state index contributed by atoms with van der Waals surface area (Å²) in [5, 5.41) is 10.4. The van der Waals surface area contributed by atoms with E-state index in [-0.39, 0.29) is 17.7 Å². The Labute approximate surface area is 175 Å². The number of likely N-dealkylation sites (N-methyl/N-ethyl adjacent to an activating group) is 1. The molecule has 9 nitrogen and oxygen atoms in total. The third-order valence-electron chi connectivity index (χ3n) is 5.30. The minimum Gasteiger partial charge on any atom is -0.475 e. The van der Waals surface area contributed by atoms with E-state index in [1.54, 1.807) is 11.7 Å². The van der Waals surface area contributed by atoms with Gasteiger partial charge in [0, 0.05) is 7.05 Å². The molecule has 1 aliphatic heterocycles. The predicted molar refractivity (Wildman–Crippen MR) is 116 cm³/mol. The average Bonchev–Trinajstić information content (AvgIpc) is 2.94. The highest BCUT2D eigenvalue weighted by molar-refractivity contribution is 7.92. The molecule has 0 bridgehead atoms. The zero-order valence-corrected chi connectivity index (χ0v) is 20.8. The number of ether oxygens (including phenoxy) is 2. The van der Waals surface area contributed by atoms with Gasteiger partial charge in [-0.05, 0) is 38.9 Å². The third kappa shape index (κ3) is 5.31. The molecule has 0 fully saturated rings. The van der Waals surface area contributed by atoms with E-state index in [0.29, 0.717) is 17.3 Å². The van der Waals surface area contributed by atoms with Crippen molar-refractivity contribution in [2.24, 2.45) is 9.17 Å². The lowest BCUT2D eigenvalue weighted by molar-refractivity contribution is 0.0101. The summed E-state index contributed by atoms with van der Waals surface area (Å²) in [5.41, 5.74) is -0.582. The molecule has 2 atom stereocenters. The smallest absolute Gasteiger partial charge is 0.410 e. The third-order valence-corrected chi connectivity index (χ3v) is 12.8. The van der Waals surface area contributed by atoms with Crippen LogP contribution in [0.25, 0.3) is 0 Å². The number of fused-ring (bicyclic) bond motifs is 1. The van der Waals surface area contributed by atoms with Gasteiger partial charge >= 0.3 is 6.09 Å². The van der Waals surface area contributed by atoms with Gasteiger partial charge in [-0.3, -0.25) is 4.03 Å². The Morgan fingerprint density at radius 1 is 1.38 bits per heavy atom. The van der Waals surface area contributed by atoms with Crippen LogP contribution in [0, 0.1) is 0 Å². The van der Waals surface area contributed by atoms with Crippen molar-refractivity contribution in [2.75, 3.05) is 13.7 Å². The van der Waals surface area contributed by atoms with Gasteiger partial charge in [0.25, 0.3) is 0 Å². The molecule has 2 unspecified atom stereocenters. The number of nitrogens with zero attached hydrogens (tertiary/aromatic N) is 4. The molecule has 2 rings (SSSR count). The number of aromatic nitrogens is 2. The second-order valence-electron chi connectivity index (χ2n) is 10.0. The van der Waals surface area contributed by atoms with Crippen LogP contribution >= 0.6 is 0 Å². The summed E-state index contributed by atoms with van der Waals surface area (Å²) in [6.07, 6.45) is 1.03. The van der Waals surface area contributed by atoms with Crippen LogP contribution in [0.5, 0.6) is 5.88 Å². The van der Waals surface area contributed by atoms with Crippen molar-refractivity contribution in [1.29, 1.82) is 0 Å². The van der Waals surface area contributed by atoms with Crippen LogP contribution < -0.4 is 9.88 Å². The Bertz CT molecular complexity index is 891. The summed E-state index contributed by atoms with van der Waals surface area (Å²) in [4.78, 5) is 14.1. The minimum absolute atomic E-state index is 0.0929. The van der Waals surface area contributed by atoms with Crippen molar-refractivity contribution >= 4 is 24.2 Å². The Morgan fingerprint density at radius 2 is 1.97 bits per heavy atom. The molecule has 1 aromatic heterocycles. The monoisotopic (exact) mass is 445 g/mol. The van der Waals surface area contributed by atoms with Crippen LogP contribution in [-0.2, 0) is 21.2 Å². The van der Waals surface area contributed by atoms with E-state index in [9.17, 15) is 9.00 Å². The lowest BCUT2D eigenvalue weighted by Gasteiger charge is -2.34. The van der Waals surface area contributed by atoms with E-state index in [1.165, 1.54) is 11.1 Å². The number of amides is 1. The molecule has 0 aliphatic carbocycles. The summed E-state index contributed by atoms with van der Waals surface area (Å²) >= 11 is 0. The first-order chi connectivity index (χ1) is 12.9. The van der Waals surface area contributed by atoms with E-state index < -0.39 is 29.8 Å². The minimum atomic E-state index is -3.15. The topological polar surface area (TPSA) is 112 Å². The molecule has 11 heteroatoms. The van der Waals surface area contributed by atoms with Crippen molar-refractivity contribution < 1.29 is 18.5 Å². The quantitative estimate of drug-likeness (QED) is 0.718. The fraction of sp³-hybridized carbons (Fsp3) is 0.778. The van der Waals surface area contributed by atoms with Crippen LogP contribution in [0.4, 0.5) is 4.79 Å². The van der Waals surface area contributed by atoms with Crippen LogP contribution in [0.2, 0.25) is 18.1 Å². The molecule has 1 amide bonds. The van der Waals surface area contributed by atoms with Gasteiger partial charge in [-0.15, -0.1) is 0 Å². The Kier molecular flexibility index (Phi) is 6.19. The summed E-state index contributed by atoms with van der Waals surface area (Å²) in [6.45, 7) is 16.4. The van der Waals surface area contributed by atoms with E-state index >= 15 is 0 Å². The van der Waals surface area contributed by atoms with Crippen molar-refractivity contribution in [3.8, 4) is 5.88 Å². The lowest BCUT2D eigenvalue weighted by Crippen LogP contribution is -2.47. The molecule has 29 heavy (non-hydrogen) atoms. The van der Waals surface area contributed by atoms with Crippen molar-refractivity contribution in [3.05, 3.63) is 6.20 Å². The fourth-order valence-electron chi connectivity index (χ4n) is 2.50. The highest BCUT2D eigenvalue weighted by Gasteiger charge is 2.39. The number of carbonyl (C=O) groups excluding carboxylic acids is 1. The molecule has 0 radical (unpaired) electrons. The van der Waals surface area contributed by atoms with Crippen LogP contribution in [0.1, 0.15) is 41.5 Å². The lowest BCUT2D eigenvalue weighted by atomic mass is 10.2. The van der Waals surface area contributed by atoms with E-state index in [1.807, 2.05) is 33.9 Å². The fourth-order valence-corrected chi connectivity index (χ4v) is 7.32. The maximum Gasteiger partial charge on any atom is 0.410 e. The number of nitrogens with two attached hydrogens (primary N) is 1. The van der Waals surface area contributed by atoms with Gasteiger partial charge in [0.2, 0.25) is 5.88 Å². The first-order valence-electron chi connectivity index (χ1n) is 9.65. The van der Waals surface area contributed by atoms with Gasteiger partial charge in [0.1, 0.15) is 27.0 Å². The number of carbonyl (C=O) groups is 1. The molecule has 0 aromatic carbocycles. The van der Waals surface area contributed by atoms with Crippen LogP contribution in [0.15, 0.2) is 15.1 Å². The SMILES string of the molecule is CN(C(=O)OC(C)(C)C)C1COc2c(S(N)(=O)=N[Si](C)(C)C(C)(C)C)cnn2C1. The molecule has 0 saturated heterocycles. The normalized spacial score (nSPS) is 19.6. The van der Waals surface area contributed by atoms with Crippen LogP contribution in [-0.4, -0.2) is 58.5 Å². The second-order valence-corrected chi connectivity index (χ2v) is 16.9. The number of rotatable bonds is 3. The summed E-state index contributed by atoms with van der Waals surface area (Å²) in [7, 11) is -3.74. The van der Waals surface area contributed by atoms with Gasteiger partial charge in [-0.25, -0.2) is 18.8 Å². The predicted octanol–water partition coefficient (Wildman–Crippen LogP) is 3.22. The first kappa shape index (κ1) is 23.7. The molecule has 2 heterocycles. The number of hydrogen-bond acceptors (Lipinski definition) is 6. The maximum atomic E-state index is 13.3. The van der Waals surface area contributed by atoms with Crippen molar-refractivity contribution in [3.63, 3.8) is 0 Å². The molecule has 166 valence electrons.